The van der Waals surface area contributed by atoms with Crippen molar-refractivity contribution in [1.82, 2.24) is 10.6 Å². The molecule has 1 aliphatic heterocycles. The largest absolute Gasteiger partial charge is 0.467 e. The number of ether oxygens (including phenoxy) is 2. The lowest BCUT2D eigenvalue weighted by Gasteiger charge is -2.21. The normalized spacial score (nSPS) is 13.2. The molecule has 0 spiro atoms. The highest BCUT2D eigenvalue weighted by Crippen LogP contribution is 2.29. The number of benzene rings is 2. The predicted molar refractivity (Wildman–Crippen MR) is 110 cm³/mol. The van der Waals surface area contributed by atoms with E-state index in [0.29, 0.717) is 49.0 Å². The Balaban J connectivity index is 0.00000261. The van der Waals surface area contributed by atoms with Crippen LogP contribution >= 0.6 is 24.0 Å². The fraction of sp³-hybridized carbons (Fsp3) is 0.316. The van der Waals surface area contributed by atoms with Gasteiger partial charge < -0.3 is 20.1 Å². The Hall–Kier alpha value is -1.94. The summed E-state index contributed by atoms with van der Waals surface area (Å²) in [6.45, 7) is 1.36. The zero-order valence-electron chi connectivity index (χ0n) is 14.9. The number of aliphatic imine (C=N–C) groups is 1. The van der Waals surface area contributed by atoms with E-state index in [2.05, 4.69) is 15.6 Å². The van der Waals surface area contributed by atoms with Crippen LogP contribution in [0.2, 0.25) is 0 Å². The highest BCUT2D eigenvalue weighted by molar-refractivity contribution is 14.0. The van der Waals surface area contributed by atoms with Crippen LogP contribution in [0.5, 0.6) is 5.75 Å². The molecule has 0 saturated carbocycles. The number of fused-ring (bicyclic) bond motifs is 1. The van der Waals surface area contributed by atoms with Crippen LogP contribution in [-0.4, -0.2) is 26.3 Å². The minimum absolute atomic E-state index is 0. The van der Waals surface area contributed by atoms with E-state index in [-0.39, 0.29) is 42.4 Å². The molecule has 1 heterocycles. The zero-order chi connectivity index (χ0) is 18.4. The van der Waals surface area contributed by atoms with Gasteiger partial charge in [-0.1, -0.05) is 18.2 Å². The molecule has 0 atom stereocenters. The van der Waals surface area contributed by atoms with Gasteiger partial charge in [0, 0.05) is 31.3 Å². The number of halogens is 3. The molecule has 0 fully saturated rings. The average molecular weight is 489 g/mol. The molecule has 1 aliphatic rings. The van der Waals surface area contributed by atoms with Gasteiger partial charge in [0.1, 0.15) is 17.4 Å². The van der Waals surface area contributed by atoms with E-state index in [1.54, 1.807) is 25.2 Å². The van der Waals surface area contributed by atoms with Crippen molar-refractivity contribution < 1.29 is 18.3 Å². The summed E-state index contributed by atoms with van der Waals surface area (Å²) in [5.41, 5.74) is 2.05. The van der Waals surface area contributed by atoms with Gasteiger partial charge in [-0.25, -0.2) is 8.78 Å². The first kappa shape index (κ1) is 21.4. The number of hydrogen-bond acceptors (Lipinski definition) is 3. The van der Waals surface area contributed by atoms with Gasteiger partial charge in [-0.2, -0.15) is 0 Å². The van der Waals surface area contributed by atoms with Crippen molar-refractivity contribution in [1.29, 1.82) is 0 Å². The molecule has 0 aliphatic carbocycles. The van der Waals surface area contributed by atoms with Gasteiger partial charge in [-0.3, -0.25) is 4.99 Å². The third-order valence-electron chi connectivity index (χ3n) is 4.07. The Morgan fingerprint density at radius 2 is 1.96 bits per heavy atom. The van der Waals surface area contributed by atoms with Crippen molar-refractivity contribution in [3.05, 3.63) is 64.7 Å². The predicted octanol–water partition coefficient (Wildman–Crippen LogP) is 3.36. The van der Waals surface area contributed by atoms with Gasteiger partial charge in [-0.15, -0.1) is 24.0 Å². The van der Waals surface area contributed by atoms with Crippen LogP contribution in [0, 0.1) is 11.6 Å². The Bertz CT molecular complexity index is 803. The summed E-state index contributed by atoms with van der Waals surface area (Å²) in [5.74, 6) is 0.660. The van der Waals surface area contributed by atoms with Crippen LogP contribution in [0.15, 0.2) is 41.4 Å². The molecule has 8 heteroatoms. The molecule has 0 aromatic heterocycles. The second kappa shape index (κ2) is 10.4. The van der Waals surface area contributed by atoms with Crippen molar-refractivity contribution in [3.8, 4) is 5.75 Å². The second-order valence-corrected chi connectivity index (χ2v) is 5.86. The molecular formula is C19H22F2IN3O2. The van der Waals surface area contributed by atoms with Gasteiger partial charge in [-0.05, 0) is 30.2 Å². The summed E-state index contributed by atoms with van der Waals surface area (Å²) in [7, 11) is 1.64. The maximum absolute atomic E-state index is 13.8. The molecule has 0 unspecified atom stereocenters. The van der Waals surface area contributed by atoms with Gasteiger partial charge in [0.05, 0.1) is 6.61 Å². The Kier molecular flexibility index (Phi) is 8.23. The molecule has 146 valence electrons. The Morgan fingerprint density at radius 3 is 2.74 bits per heavy atom. The van der Waals surface area contributed by atoms with Crippen LogP contribution in [0.4, 0.5) is 8.78 Å². The molecule has 2 N–H and O–H groups in total. The molecular weight excluding hydrogens is 467 g/mol. The SMILES string of the molecule is CN=C(NCCc1cc(F)cc2c1OCOC2)NCc1ccccc1F.I. The standard InChI is InChI=1S/C19H21F2N3O2.HI/c1-22-19(24-10-14-4-2-3-5-17(14)21)23-7-6-13-8-16(20)9-15-11-25-12-26-18(13)15;/h2-5,8-9H,6-7,10-12H2,1H3,(H2,22,23,24);1H. The number of nitrogens with one attached hydrogen (secondary N) is 2. The molecule has 2 aromatic carbocycles. The summed E-state index contributed by atoms with van der Waals surface area (Å²) < 4.78 is 38.1. The van der Waals surface area contributed by atoms with Crippen molar-refractivity contribution in [2.45, 2.75) is 19.6 Å². The maximum atomic E-state index is 13.8. The van der Waals surface area contributed by atoms with Crippen LogP contribution in [-0.2, 0) is 24.3 Å². The van der Waals surface area contributed by atoms with E-state index in [9.17, 15) is 8.78 Å². The third kappa shape index (κ3) is 5.77. The minimum Gasteiger partial charge on any atom is -0.467 e. The molecule has 0 radical (unpaired) electrons. The average Bonchev–Trinajstić information content (AvgIpc) is 2.65. The van der Waals surface area contributed by atoms with E-state index in [4.69, 9.17) is 9.47 Å². The highest BCUT2D eigenvalue weighted by Gasteiger charge is 2.16. The Morgan fingerprint density at radius 1 is 1.15 bits per heavy atom. The van der Waals surface area contributed by atoms with Crippen molar-refractivity contribution in [3.63, 3.8) is 0 Å². The summed E-state index contributed by atoms with van der Waals surface area (Å²) in [5, 5.41) is 6.20. The first-order chi connectivity index (χ1) is 12.7. The van der Waals surface area contributed by atoms with Crippen LogP contribution < -0.4 is 15.4 Å². The van der Waals surface area contributed by atoms with Gasteiger partial charge >= 0.3 is 0 Å². The van der Waals surface area contributed by atoms with Gasteiger partial charge in [0.2, 0.25) is 0 Å². The molecule has 0 amide bonds. The topological polar surface area (TPSA) is 54.9 Å². The van der Waals surface area contributed by atoms with Crippen molar-refractivity contribution in [2.75, 3.05) is 20.4 Å². The third-order valence-corrected chi connectivity index (χ3v) is 4.07. The number of guanidine groups is 1. The monoisotopic (exact) mass is 489 g/mol. The first-order valence-corrected chi connectivity index (χ1v) is 8.37. The molecule has 5 nitrogen and oxygen atoms in total. The summed E-state index contributed by atoms with van der Waals surface area (Å²) >= 11 is 0. The van der Waals surface area contributed by atoms with Gasteiger partial charge in [0.25, 0.3) is 0 Å². The molecule has 27 heavy (non-hydrogen) atoms. The quantitative estimate of drug-likeness (QED) is 0.385. The minimum atomic E-state index is -0.310. The maximum Gasteiger partial charge on any atom is 0.191 e. The van der Waals surface area contributed by atoms with Crippen LogP contribution in [0.3, 0.4) is 0 Å². The molecule has 2 aromatic rings. The Labute approximate surface area is 174 Å². The van der Waals surface area contributed by atoms with Crippen molar-refractivity contribution in [2.24, 2.45) is 4.99 Å². The lowest BCUT2D eigenvalue weighted by Crippen LogP contribution is -2.38. The fourth-order valence-electron chi connectivity index (χ4n) is 2.80. The summed E-state index contributed by atoms with van der Waals surface area (Å²) in [6, 6.07) is 9.48. The van der Waals surface area contributed by atoms with Crippen molar-refractivity contribution >= 4 is 29.9 Å². The first-order valence-electron chi connectivity index (χ1n) is 8.37. The smallest absolute Gasteiger partial charge is 0.191 e. The lowest BCUT2D eigenvalue weighted by atomic mass is 10.1. The van der Waals surface area contributed by atoms with E-state index in [1.807, 2.05) is 0 Å². The van der Waals surface area contributed by atoms with E-state index in [0.717, 1.165) is 5.56 Å². The van der Waals surface area contributed by atoms with Gasteiger partial charge in [0.15, 0.2) is 12.8 Å². The summed E-state index contributed by atoms with van der Waals surface area (Å²) in [6.07, 6.45) is 0.556. The lowest BCUT2D eigenvalue weighted by molar-refractivity contribution is -0.0172. The number of hydrogen-bond donors (Lipinski definition) is 2. The van der Waals surface area contributed by atoms with Crippen LogP contribution in [0.25, 0.3) is 0 Å². The molecule has 3 rings (SSSR count). The second-order valence-electron chi connectivity index (χ2n) is 5.86. The van der Waals surface area contributed by atoms with E-state index in [1.165, 1.54) is 18.2 Å². The zero-order valence-corrected chi connectivity index (χ0v) is 17.3. The van der Waals surface area contributed by atoms with Crippen LogP contribution in [0.1, 0.15) is 16.7 Å². The molecule has 0 saturated heterocycles. The number of rotatable bonds is 5. The van der Waals surface area contributed by atoms with E-state index < -0.39 is 0 Å². The summed E-state index contributed by atoms with van der Waals surface area (Å²) in [4.78, 5) is 4.12. The molecule has 0 bridgehead atoms. The number of nitrogens with zero attached hydrogens (tertiary/aromatic N) is 1. The fourth-order valence-corrected chi connectivity index (χ4v) is 2.80. The highest BCUT2D eigenvalue weighted by atomic mass is 127. The van der Waals surface area contributed by atoms with E-state index >= 15 is 0 Å².